The fourth-order valence-electron chi connectivity index (χ4n) is 3.68. The Morgan fingerprint density at radius 2 is 1.58 bits per heavy atom. The third kappa shape index (κ3) is 7.84. The zero-order valence-corrected chi connectivity index (χ0v) is 16.9. The Bertz CT molecular complexity index is 340. The maximum Gasteiger partial charge on any atom is 0.191 e. The Morgan fingerprint density at radius 3 is 2.12 bits per heavy atom. The van der Waals surface area contributed by atoms with Gasteiger partial charge in [0.15, 0.2) is 5.96 Å². The molecule has 0 saturated heterocycles. The van der Waals surface area contributed by atoms with Crippen LogP contribution in [0.2, 0.25) is 0 Å². The van der Waals surface area contributed by atoms with Crippen molar-refractivity contribution >= 4 is 5.96 Å². The first kappa shape index (κ1) is 21.2. The molecule has 1 fully saturated rings. The smallest absolute Gasteiger partial charge is 0.191 e. The predicted molar refractivity (Wildman–Crippen MR) is 106 cm³/mol. The van der Waals surface area contributed by atoms with Gasteiger partial charge in [-0.1, -0.05) is 12.8 Å². The topological polar surface area (TPSA) is 42.9 Å². The summed E-state index contributed by atoms with van der Waals surface area (Å²) in [7, 11) is 4.10. The number of hydrogen-bond donors (Lipinski definition) is 2. The highest BCUT2D eigenvalue weighted by Gasteiger charge is 2.18. The number of likely N-dealkylation sites (N-methyl/N-ethyl adjacent to an activating group) is 1. The summed E-state index contributed by atoms with van der Waals surface area (Å²) < 4.78 is 0. The molecule has 0 radical (unpaired) electrons. The summed E-state index contributed by atoms with van der Waals surface area (Å²) in [6.07, 6.45) is 6.67. The molecule has 0 aromatic rings. The minimum Gasteiger partial charge on any atom is -0.356 e. The van der Waals surface area contributed by atoms with E-state index in [0.29, 0.717) is 12.1 Å². The Hall–Kier alpha value is -0.810. The number of hydrogen-bond acceptors (Lipinski definition) is 3. The lowest BCUT2D eigenvalue weighted by atomic mass is 10.2. The van der Waals surface area contributed by atoms with E-state index in [1.807, 2.05) is 7.05 Å². The average Bonchev–Trinajstić information content (AvgIpc) is 3.06. The maximum atomic E-state index is 4.33. The van der Waals surface area contributed by atoms with Gasteiger partial charge in [-0.15, -0.1) is 0 Å². The molecule has 1 saturated carbocycles. The van der Waals surface area contributed by atoms with Crippen molar-refractivity contribution in [3.63, 3.8) is 0 Å². The molecule has 2 N–H and O–H groups in total. The predicted octanol–water partition coefficient (Wildman–Crippen LogP) is 2.53. The van der Waals surface area contributed by atoms with Gasteiger partial charge in [0.2, 0.25) is 0 Å². The molecule has 0 amide bonds. The van der Waals surface area contributed by atoms with Gasteiger partial charge in [0.05, 0.1) is 0 Å². The molecule has 1 aliphatic carbocycles. The third-order valence-corrected chi connectivity index (χ3v) is 5.14. The molecule has 24 heavy (non-hydrogen) atoms. The van der Waals surface area contributed by atoms with E-state index < -0.39 is 0 Å². The van der Waals surface area contributed by atoms with Crippen LogP contribution in [0.15, 0.2) is 4.99 Å². The Kier molecular flexibility index (Phi) is 10.3. The standard InChI is InChI=1S/C19H41N5/c1-16(2)24(17(3)4)14-9-12-21-19(20-5)22-13-15-23(6)18-10-7-8-11-18/h16-18H,7-15H2,1-6H3,(H2,20,21,22). The van der Waals surface area contributed by atoms with E-state index in [1.54, 1.807) is 0 Å². The first-order valence-electron chi connectivity index (χ1n) is 9.86. The molecule has 0 spiro atoms. The van der Waals surface area contributed by atoms with E-state index in [2.05, 4.69) is 60.2 Å². The quantitative estimate of drug-likeness (QED) is 0.365. The van der Waals surface area contributed by atoms with Gasteiger partial charge in [-0.3, -0.25) is 9.89 Å². The summed E-state index contributed by atoms with van der Waals surface area (Å²) in [6.45, 7) is 13.2. The second kappa shape index (κ2) is 11.7. The van der Waals surface area contributed by atoms with Crippen molar-refractivity contribution in [3.05, 3.63) is 0 Å². The number of nitrogens with zero attached hydrogens (tertiary/aromatic N) is 3. The molecule has 1 rings (SSSR count). The van der Waals surface area contributed by atoms with Crippen molar-refractivity contribution in [2.24, 2.45) is 4.99 Å². The molecule has 0 bridgehead atoms. The van der Waals surface area contributed by atoms with E-state index >= 15 is 0 Å². The molecule has 5 nitrogen and oxygen atoms in total. The number of rotatable bonds is 10. The molecule has 0 atom stereocenters. The molecule has 0 aromatic carbocycles. The minimum absolute atomic E-state index is 0.605. The summed E-state index contributed by atoms with van der Waals surface area (Å²) in [5, 5.41) is 6.88. The molecule has 142 valence electrons. The normalized spacial score (nSPS) is 16.8. The van der Waals surface area contributed by atoms with E-state index in [4.69, 9.17) is 0 Å². The zero-order chi connectivity index (χ0) is 17.9. The van der Waals surface area contributed by atoms with E-state index in [0.717, 1.165) is 44.6 Å². The van der Waals surface area contributed by atoms with Crippen molar-refractivity contribution in [2.75, 3.05) is 40.3 Å². The summed E-state index contributed by atoms with van der Waals surface area (Å²) in [6, 6.07) is 2.00. The van der Waals surface area contributed by atoms with Crippen LogP contribution in [0.25, 0.3) is 0 Å². The van der Waals surface area contributed by atoms with Crippen molar-refractivity contribution in [1.82, 2.24) is 20.4 Å². The van der Waals surface area contributed by atoms with Crippen LogP contribution in [0, 0.1) is 0 Å². The lowest BCUT2D eigenvalue weighted by Crippen LogP contribution is -2.44. The Balaban J connectivity index is 2.16. The van der Waals surface area contributed by atoms with Gasteiger partial charge < -0.3 is 15.5 Å². The first-order chi connectivity index (χ1) is 11.5. The molecule has 0 aromatic heterocycles. The van der Waals surface area contributed by atoms with Gasteiger partial charge >= 0.3 is 0 Å². The Labute approximate surface area is 150 Å². The van der Waals surface area contributed by atoms with Gasteiger partial charge in [0.1, 0.15) is 0 Å². The van der Waals surface area contributed by atoms with Gasteiger partial charge in [0, 0.05) is 51.4 Å². The van der Waals surface area contributed by atoms with E-state index in [9.17, 15) is 0 Å². The maximum absolute atomic E-state index is 4.33. The van der Waals surface area contributed by atoms with Crippen molar-refractivity contribution in [3.8, 4) is 0 Å². The second-order valence-corrected chi connectivity index (χ2v) is 7.62. The van der Waals surface area contributed by atoms with E-state index in [-0.39, 0.29) is 0 Å². The first-order valence-corrected chi connectivity index (χ1v) is 9.86. The van der Waals surface area contributed by atoms with Gasteiger partial charge in [0.25, 0.3) is 0 Å². The lowest BCUT2D eigenvalue weighted by Gasteiger charge is -2.30. The van der Waals surface area contributed by atoms with Gasteiger partial charge in [-0.25, -0.2) is 0 Å². The fraction of sp³-hybridized carbons (Fsp3) is 0.947. The molecular formula is C19H41N5. The summed E-state index contributed by atoms with van der Waals surface area (Å²) in [4.78, 5) is 9.36. The van der Waals surface area contributed by atoms with Crippen molar-refractivity contribution in [2.45, 2.75) is 77.9 Å². The average molecular weight is 340 g/mol. The lowest BCUT2D eigenvalue weighted by molar-refractivity contribution is 0.173. The highest BCUT2D eigenvalue weighted by Crippen LogP contribution is 2.21. The number of aliphatic imine (C=N–C) groups is 1. The SMILES string of the molecule is CN=C(NCCCN(C(C)C)C(C)C)NCCN(C)C1CCCC1. The second-order valence-electron chi connectivity index (χ2n) is 7.62. The van der Waals surface area contributed by atoms with Gasteiger partial charge in [-0.2, -0.15) is 0 Å². The van der Waals surface area contributed by atoms with Crippen LogP contribution >= 0.6 is 0 Å². The molecule has 0 unspecified atom stereocenters. The van der Waals surface area contributed by atoms with Crippen LogP contribution in [-0.4, -0.2) is 74.2 Å². The molecule has 1 aliphatic rings. The summed E-state index contributed by atoms with van der Waals surface area (Å²) in [5.74, 6) is 0.926. The highest BCUT2D eigenvalue weighted by molar-refractivity contribution is 5.79. The van der Waals surface area contributed by atoms with Crippen LogP contribution < -0.4 is 10.6 Å². The van der Waals surface area contributed by atoms with Crippen LogP contribution in [-0.2, 0) is 0 Å². The molecule has 0 heterocycles. The summed E-state index contributed by atoms with van der Waals surface area (Å²) >= 11 is 0. The molecular weight excluding hydrogens is 298 g/mol. The summed E-state index contributed by atoms with van der Waals surface area (Å²) in [5.41, 5.74) is 0. The van der Waals surface area contributed by atoms with Crippen LogP contribution in [0.5, 0.6) is 0 Å². The monoisotopic (exact) mass is 339 g/mol. The fourth-order valence-corrected chi connectivity index (χ4v) is 3.68. The Morgan fingerprint density at radius 1 is 1.00 bits per heavy atom. The molecule has 5 heteroatoms. The number of nitrogens with one attached hydrogen (secondary N) is 2. The molecule has 0 aliphatic heterocycles. The third-order valence-electron chi connectivity index (χ3n) is 5.14. The van der Waals surface area contributed by atoms with E-state index in [1.165, 1.54) is 25.7 Å². The van der Waals surface area contributed by atoms with Crippen molar-refractivity contribution in [1.29, 1.82) is 0 Å². The van der Waals surface area contributed by atoms with Crippen molar-refractivity contribution < 1.29 is 0 Å². The highest BCUT2D eigenvalue weighted by atomic mass is 15.2. The largest absolute Gasteiger partial charge is 0.356 e. The van der Waals surface area contributed by atoms with Crippen LogP contribution in [0.3, 0.4) is 0 Å². The minimum atomic E-state index is 0.605. The zero-order valence-electron chi connectivity index (χ0n) is 16.9. The van der Waals surface area contributed by atoms with Crippen LogP contribution in [0.1, 0.15) is 59.8 Å². The number of guanidine groups is 1. The van der Waals surface area contributed by atoms with Gasteiger partial charge in [-0.05, 0) is 54.0 Å². The van der Waals surface area contributed by atoms with Crippen LogP contribution in [0.4, 0.5) is 0 Å².